The van der Waals surface area contributed by atoms with Gasteiger partial charge < -0.3 is 5.11 Å². The SMILES string of the molecule is CCC(=O)C(=O)O.[CaH2]. The van der Waals surface area contributed by atoms with Crippen LogP contribution in [0.3, 0.4) is 0 Å². The Balaban J connectivity index is 0. The molecule has 0 aromatic carbocycles. The fraction of sp³-hybridized carbons (Fsp3) is 0.500. The zero-order valence-electron chi connectivity index (χ0n) is 3.97. The minimum atomic E-state index is -1.34. The summed E-state index contributed by atoms with van der Waals surface area (Å²) in [7, 11) is 0. The first-order valence-electron chi connectivity index (χ1n) is 1.94. The Morgan fingerprint density at radius 3 is 1.88 bits per heavy atom. The molecule has 0 rings (SSSR count). The van der Waals surface area contributed by atoms with Crippen LogP contribution in [0.15, 0.2) is 0 Å². The van der Waals surface area contributed by atoms with E-state index in [1.165, 1.54) is 6.92 Å². The molecule has 0 radical (unpaired) electrons. The quantitative estimate of drug-likeness (QED) is 0.405. The summed E-state index contributed by atoms with van der Waals surface area (Å²) in [5.41, 5.74) is 0. The maximum atomic E-state index is 9.91. The maximum absolute atomic E-state index is 9.91. The molecule has 1 N–H and O–H groups in total. The Bertz CT molecular complexity index is 99.5. The predicted molar refractivity (Wildman–Crippen MR) is 31.5 cm³/mol. The zero-order chi connectivity index (χ0) is 5.86. The molecule has 0 atom stereocenters. The van der Waals surface area contributed by atoms with Crippen LogP contribution in [-0.2, 0) is 9.59 Å². The molecule has 44 valence electrons. The van der Waals surface area contributed by atoms with Crippen molar-refractivity contribution in [3.8, 4) is 0 Å². The van der Waals surface area contributed by atoms with Crippen molar-refractivity contribution in [2.24, 2.45) is 0 Å². The second kappa shape index (κ2) is 5.53. The molecular formula is C4H8CaO3. The van der Waals surface area contributed by atoms with Gasteiger partial charge in [0.25, 0.3) is 0 Å². The van der Waals surface area contributed by atoms with Crippen molar-refractivity contribution in [1.29, 1.82) is 0 Å². The normalized spacial score (nSPS) is 7.12. The van der Waals surface area contributed by atoms with E-state index in [1.807, 2.05) is 0 Å². The molecule has 0 spiro atoms. The second-order valence-corrected chi connectivity index (χ2v) is 1.08. The summed E-state index contributed by atoms with van der Waals surface area (Å²) < 4.78 is 0. The number of aliphatic carboxylic acids is 1. The first kappa shape index (κ1) is 11.2. The average molecular weight is 144 g/mol. The van der Waals surface area contributed by atoms with Crippen LogP contribution in [0.1, 0.15) is 13.3 Å². The van der Waals surface area contributed by atoms with Crippen LogP contribution < -0.4 is 0 Å². The molecular weight excluding hydrogens is 136 g/mol. The minimum absolute atomic E-state index is 0. The summed E-state index contributed by atoms with van der Waals surface area (Å²) in [6, 6.07) is 0. The van der Waals surface area contributed by atoms with Crippen LogP contribution in [-0.4, -0.2) is 54.6 Å². The molecule has 3 nitrogen and oxygen atoms in total. The molecule has 0 fully saturated rings. The average Bonchev–Trinajstić information content (AvgIpc) is 1.65. The van der Waals surface area contributed by atoms with Crippen LogP contribution in [0.2, 0.25) is 0 Å². The first-order chi connectivity index (χ1) is 3.18. The molecule has 8 heavy (non-hydrogen) atoms. The van der Waals surface area contributed by atoms with Gasteiger partial charge in [0.05, 0.1) is 0 Å². The van der Waals surface area contributed by atoms with E-state index in [2.05, 4.69) is 0 Å². The molecule has 0 aromatic heterocycles. The van der Waals surface area contributed by atoms with E-state index < -0.39 is 11.8 Å². The van der Waals surface area contributed by atoms with Gasteiger partial charge in [-0.15, -0.1) is 0 Å². The van der Waals surface area contributed by atoms with Crippen molar-refractivity contribution in [2.45, 2.75) is 13.3 Å². The summed E-state index contributed by atoms with van der Waals surface area (Å²) in [4.78, 5) is 19.5. The van der Waals surface area contributed by atoms with Crippen LogP contribution in [0.25, 0.3) is 0 Å². The fourth-order valence-corrected chi connectivity index (χ4v) is 0.151. The number of carbonyl (C=O) groups is 2. The van der Waals surface area contributed by atoms with Gasteiger partial charge in [-0.05, 0) is 0 Å². The van der Waals surface area contributed by atoms with E-state index in [9.17, 15) is 9.59 Å². The van der Waals surface area contributed by atoms with Gasteiger partial charge in [-0.1, -0.05) is 6.92 Å². The van der Waals surface area contributed by atoms with Gasteiger partial charge >= 0.3 is 43.7 Å². The van der Waals surface area contributed by atoms with Crippen molar-refractivity contribution in [2.75, 3.05) is 0 Å². The summed E-state index contributed by atoms with van der Waals surface area (Å²) in [6.45, 7) is 1.51. The molecule has 0 unspecified atom stereocenters. The molecule has 0 aliphatic carbocycles. The van der Waals surface area contributed by atoms with Crippen LogP contribution in [0, 0.1) is 0 Å². The molecule has 0 aromatic rings. The molecule has 0 saturated carbocycles. The van der Waals surface area contributed by atoms with Gasteiger partial charge in [-0.25, -0.2) is 4.79 Å². The number of rotatable bonds is 2. The van der Waals surface area contributed by atoms with Gasteiger partial charge in [-0.3, -0.25) is 4.79 Å². The van der Waals surface area contributed by atoms with E-state index in [-0.39, 0.29) is 44.2 Å². The Labute approximate surface area is 77.1 Å². The Kier molecular flexibility index (Phi) is 7.77. The summed E-state index contributed by atoms with van der Waals surface area (Å²) in [5.74, 6) is -2.08. The molecule has 0 amide bonds. The van der Waals surface area contributed by atoms with Crippen molar-refractivity contribution in [3.63, 3.8) is 0 Å². The van der Waals surface area contributed by atoms with Crippen molar-refractivity contribution >= 4 is 49.5 Å². The van der Waals surface area contributed by atoms with E-state index in [4.69, 9.17) is 5.11 Å². The topological polar surface area (TPSA) is 54.4 Å². The zero-order valence-corrected chi connectivity index (χ0v) is 3.97. The van der Waals surface area contributed by atoms with Gasteiger partial charge in [0.1, 0.15) is 0 Å². The molecule has 0 saturated heterocycles. The van der Waals surface area contributed by atoms with Gasteiger partial charge in [0.15, 0.2) is 0 Å². The predicted octanol–water partition coefficient (Wildman–Crippen LogP) is -0.866. The first-order valence-corrected chi connectivity index (χ1v) is 1.94. The van der Waals surface area contributed by atoms with Gasteiger partial charge in [-0.2, -0.15) is 0 Å². The molecule has 0 heterocycles. The third-order valence-corrected chi connectivity index (χ3v) is 0.560. The number of hydrogen-bond donors (Lipinski definition) is 1. The third-order valence-electron chi connectivity index (χ3n) is 0.560. The van der Waals surface area contributed by atoms with Crippen molar-refractivity contribution < 1.29 is 14.7 Å². The molecule has 4 heteroatoms. The Hall–Kier alpha value is 0.400. The van der Waals surface area contributed by atoms with E-state index >= 15 is 0 Å². The third kappa shape index (κ3) is 4.56. The van der Waals surface area contributed by atoms with Crippen molar-refractivity contribution in [3.05, 3.63) is 0 Å². The van der Waals surface area contributed by atoms with Crippen molar-refractivity contribution in [1.82, 2.24) is 0 Å². The fourth-order valence-electron chi connectivity index (χ4n) is 0.151. The number of hydrogen-bond acceptors (Lipinski definition) is 2. The number of ketones is 1. The molecule has 0 aliphatic rings. The summed E-state index contributed by atoms with van der Waals surface area (Å²) in [5, 5.41) is 7.83. The summed E-state index contributed by atoms with van der Waals surface area (Å²) >= 11 is 0. The molecule has 0 aliphatic heterocycles. The van der Waals surface area contributed by atoms with E-state index in [1.54, 1.807) is 0 Å². The number of carboxylic acid groups (broad SMARTS) is 1. The monoisotopic (exact) mass is 144 g/mol. The number of Topliss-reactive ketones (excluding diaryl/α,β-unsaturated/α-hetero) is 1. The van der Waals surface area contributed by atoms with E-state index in [0.29, 0.717) is 0 Å². The van der Waals surface area contributed by atoms with E-state index in [0.717, 1.165) is 0 Å². The van der Waals surface area contributed by atoms with Gasteiger partial charge in [0, 0.05) is 6.42 Å². The number of carbonyl (C=O) groups excluding carboxylic acids is 1. The second-order valence-electron chi connectivity index (χ2n) is 1.08. The standard InChI is InChI=1S/C4H6O3.Ca.2H/c1-2-3(5)4(6)7;;;/h2H2,1H3,(H,6,7);;;. The van der Waals surface area contributed by atoms with Gasteiger partial charge in [0.2, 0.25) is 5.78 Å². The number of carboxylic acids is 1. The Morgan fingerprint density at radius 1 is 1.50 bits per heavy atom. The Morgan fingerprint density at radius 2 is 1.88 bits per heavy atom. The van der Waals surface area contributed by atoms with Crippen LogP contribution in [0.4, 0.5) is 0 Å². The van der Waals surface area contributed by atoms with Crippen LogP contribution >= 0.6 is 0 Å². The summed E-state index contributed by atoms with van der Waals surface area (Å²) in [6.07, 6.45) is 0.0787. The molecule has 0 bridgehead atoms. The van der Waals surface area contributed by atoms with Crippen LogP contribution in [0.5, 0.6) is 0 Å².